The number of unbranched alkanes of at least 4 members (excludes halogenated alkanes) is 2. The highest BCUT2D eigenvalue weighted by Gasteiger charge is 2.24. The van der Waals surface area contributed by atoms with E-state index in [2.05, 4.69) is 24.1 Å². The fourth-order valence-corrected chi connectivity index (χ4v) is 2.36. The minimum atomic E-state index is 0.417. The summed E-state index contributed by atoms with van der Waals surface area (Å²) >= 11 is 0. The molecular formula is C13H28N2O. The van der Waals surface area contributed by atoms with Gasteiger partial charge in [-0.2, -0.15) is 0 Å². The Balaban J connectivity index is 2.16. The Morgan fingerprint density at radius 2 is 2.12 bits per heavy atom. The summed E-state index contributed by atoms with van der Waals surface area (Å²) in [5.74, 6) is 0. The van der Waals surface area contributed by atoms with E-state index in [4.69, 9.17) is 4.74 Å². The van der Waals surface area contributed by atoms with Gasteiger partial charge in [-0.1, -0.05) is 13.3 Å². The Morgan fingerprint density at radius 1 is 1.31 bits per heavy atom. The van der Waals surface area contributed by atoms with Crippen LogP contribution in [0.2, 0.25) is 0 Å². The first kappa shape index (κ1) is 13.9. The fraction of sp³-hybridized carbons (Fsp3) is 1.00. The van der Waals surface area contributed by atoms with Gasteiger partial charge in [0.05, 0.1) is 12.7 Å². The van der Waals surface area contributed by atoms with E-state index < -0.39 is 0 Å². The molecule has 1 saturated heterocycles. The summed E-state index contributed by atoms with van der Waals surface area (Å²) in [6.07, 6.45) is 5.59. The van der Waals surface area contributed by atoms with Crippen LogP contribution in [-0.2, 0) is 4.74 Å². The maximum Gasteiger partial charge on any atom is 0.0674 e. The molecule has 0 spiro atoms. The van der Waals surface area contributed by atoms with Gasteiger partial charge in [-0.25, -0.2) is 0 Å². The molecule has 1 rings (SSSR count). The third-order valence-corrected chi connectivity index (χ3v) is 3.42. The minimum Gasteiger partial charge on any atom is -0.376 e. The molecule has 0 aromatic heterocycles. The number of hydrogen-bond donors (Lipinski definition) is 1. The summed E-state index contributed by atoms with van der Waals surface area (Å²) in [5.41, 5.74) is 0. The Bertz CT molecular complexity index is 175. The number of ether oxygens (including phenoxy) is 1. The largest absolute Gasteiger partial charge is 0.376 e. The first-order chi connectivity index (χ1) is 7.77. The van der Waals surface area contributed by atoms with Crippen molar-refractivity contribution in [2.45, 2.75) is 51.7 Å². The molecule has 0 bridgehead atoms. The van der Waals surface area contributed by atoms with Crippen LogP contribution in [0.3, 0.4) is 0 Å². The second-order valence-corrected chi connectivity index (χ2v) is 4.87. The van der Waals surface area contributed by atoms with Crippen molar-refractivity contribution < 1.29 is 4.74 Å². The van der Waals surface area contributed by atoms with E-state index in [0.29, 0.717) is 12.1 Å². The summed E-state index contributed by atoms with van der Waals surface area (Å²) < 4.78 is 5.70. The van der Waals surface area contributed by atoms with Crippen molar-refractivity contribution in [3.8, 4) is 0 Å². The van der Waals surface area contributed by atoms with Crippen LogP contribution >= 0.6 is 0 Å². The maximum atomic E-state index is 5.70. The Labute approximate surface area is 101 Å². The van der Waals surface area contributed by atoms with Crippen LogP contribution in [0, 0.1) is 0 Å². The second kappa shape index (κ2) is 8.04. The zero-order valence-electron chi connectivity index (χ0n) is 11.2. The highest BCUT2D eigenvalue weighted by molar-refractivity contribution is 4.77. The molecule has 1 fully saturated rings. The predicted molar refractivity (Wildman–Crippen MR) is 68.8 cm³/mol. The van der Waals surface area contributed by atoms with Gasteiger partial charge in [0, 0.05) is 12.6 Å². The van der Waals surface area contributed by atoms with E-state index in [1.165, 1.54) is 32.2 Å². The van der Waals surface area contributed by atoms with Gasteiger partial charge in [0.2, 0.25) is 0 Å². The van der Waals surface area contributed by atoms with Gasteiger partial charge < -0.3 is 10.1 Å². The third-order valence-electron chi connectivity index (χ3n) is 3.42. The van der Waals surface area contributed by atoms with E-state index in [0.717, 1.165) is 19.7 Å². The molecule has 3 nitrogen and oxygen atoms in total. The Hall–Kier alpha value is -0.120. The molecule has 1 aliphatic rings. The van der Waals surface area contributed by atoms with Crippen molar-refractivity contribution in [1.82, 2.24) is 10.2 Å². The van der Waals surface area contributed by atoms with Gasteiger partial charge in [-0.3, -0.25) is 4.90 Å². The number of rotatable bonds is 7. The predicted octanol–water partition coefficient (Wildman–Crippen LogP) is 1.88. The quantitative estimate of drug-likeness (QED) is 0.673. The number of morpholine rings is 1. The van der Waals surface area contributed by atoms with Gasteiger partial charge in [0.1, 0.15) is 0 Å². The van der Waals surface area contributed by atoms with E-state index in [9.17, 15) is 0 Å². The molecule has 16 heavy (non-hydrogen) atoms. The summed E-state index contributed by atoms with van der Waals surface area (Å²) in [7, 11) is 2.02. The molecule has 1 N–H and O–H groups in total. The summed E-state index contributed by atoms with van der Waals surface area (Å²) in [4.78, 5) is 2.62. The van der Waals surface area contributed by atoms with Crippen molar-refractivity contribution in [1.29, 1.82) is 0 Å². The topological polar surface area (TPSA) is 24.5 Å². The number of nitrogens with zero attached hydrogens (tertiary/aromatic N) is 1. The highest BCUT2D eigenvalue weighted by atomic mass is 16.5. The van der Waals surface area contributed by atoms with Crippen LogP contribution in [0.5, 0.6) is 0 Å². The monoisotopic (exact) mass is 228 g/mol. The molecule has 0 radical (unpaired) electrons. The molecule has 2 atom stereocenters. The van der Waals surface area contributed by atoms with E-state index in [-0.39, 0.29) is 0 Å². The highest BCUT2D eigenvalue weighted by Crippen LogP contribution is 2.15. The first-order valence-electron chi connectivity index (χ1n) is 6.78. The lowest BCUT2D eigenvalue weighted by molar-refractivity contribution is -0.0561. The maximum absolute atomic E-state index is 5.70. The molecule has 3 heteroatoms. The normalized spacial score (nSPS) is 27.2. The minimum absolute atomic E-state index is 0.417. The zero-order chi connectivity index (χ0) is 11.8. The molecule has 96 valence electrons. The smallest absolute Gasteiger partial charge is 0.0674 e. The number of hydrogen-bond acceptors (Lipinski definition) is 3. The number of nitrogens with one attached hydrogen (secondary N) is 1. The van der Waals surface area contributed by atoms with Crippen LogP contribution in [0.1, 0.15) is 39.5 Å². The van der Waals surface area contributed by atoms with Crippen molar-refractivity contribution in [2.75, 3.05) is 33.3 Å². The SMILES string of the molecule is CCC1COC(C)CN1CCCCCNC. The molecule has 1 aliphatic heterocycles. The molecule has 0 aromatic rings. The zero-order valence-corrected chi connectivity index (χ0v) is 11.2. The molecule has 0 saturated carbocycles. The van der Waals surface area contributed by atoms with Crippen LogP contribution in [0.15, 0.2) is 0 Å². The van der Waals surface area contributed by atoms with Crippen LogP contribution in [0.25, 0.3) is 0 Å². The average Bonchev–Trinajstić information content (AvgIpc) is 2.29. The van der Waals surface area contributed by atoms with Gasteiger partial charge in [0.25, 0.3) is 0 Å². The van der Waals surface area contributed by atoms with E-state index >= 15 is 0 Å². The standard InChI is InChI=1S/C13H28N2O/c1-4-13-11-16-12(2)10-15(13)9-7-5-6-8-14-3/h12-14H,4-11H2,1-3H3. The summed E-state index contributed by atoms with van der Waals surface area (Å²) in [5, 5.41) is 3.20. The van der Waals surface area contributed by atoms with Gasteiger partial charge in [-0.15, -0.1) is 0 Å². The van der Waals surface area contributed by atoms with Gasteiger partial charge in [-0.05, 0) is 46.3 Å². The van der Waals surface area contributed by atoms with Crippen molar-refractivity contribution >= 4 is 0 Å². The molecular weight excluding hydrogens is 200 g/mol. The molecule has 0 aromatic carbocycles. The van der Waals surface area contributed by atoms with Crippen molar-refractivity contribution in [3.05, 3.63) is 0 Å². The fourth-order valence-electron chi connectivity index (χ4n) is 2.36. The molecule has 2 unspecified atom stereocenters. The average molecular weight is 228 g/mol. The Kier molecular flexibility index (Phi) is 7.01. The third kappa shape index (κ3) is 4.81. The lowest BCUT2D eigenvalue weighted by atomic mass is 10.1. The lowest BCUT2D eigenvalue weighted by Crippen LogP contribution is -2.48. The van der Waals surface area contributed by atoms with Gasteiger partial charge >= 0.3 is 0 Å². The van der Waals surface area contributed by atoms with Crippen molar-refractivity contribution in [3.63, 3.8) is 0 Å². The molecule has 0 aliphatic carbocycles. The summed E-state index contributed by atoms with van der Waals surface area (Å²) in [6, 6.07) is 0.653. The lowest BCUT2D eigenvalue weighted by Gasteiger charge is -2.38. The van der Waals surface area contributed by atoms with Crippen LogP contribution in [0.4, 0.5) is 0 Å². The second-order valence-electron chi connectivity index (χ2n) is 4.87. The van der Waals surface area contributed by atoms with Crippen molar-refractivity contribution in [2.24, 2.45) is 0 Å². The molecule has 1 heterocycles. The van der Waals surface area contributed by atoms with Crippen LogP contribution < -0.4 is 5.32 Å². The van der Waals surface area contributed by atoms with E-state index in [1.54, 1.807) is 0 Å². The van der Waals surface area contributed by atoms with E-state index in [1.807, 2.05) is 7.05 Å². The van der Waals surface area contributed by atoms with Crippen LogP contribution in [-0.4, -0.2) is 50.3 Å². The first-order valence-corrected chi connectivity index (χ1v) is 6.78. The van der Waals surface area contributed by atoms with Gasteiger partial charge in [0.15, 0.2) is 0 Å². The molecule has 0 amide bonds. The summed E-state index contributed by atoms with van der Waals surface area (Å²) in [6.45, 7) is 8.88. The Morgan fingerprint density at radius 3 is 2.81 bits per heavy atom.